The first kappa shape index (κ1) is 29.1. The second-order valence-electron chi connectivity index (χ2n) is 11.8. The number of rotatable bonds is 14. The minimum atomic E-state index is -0.641. The van der Waals surface area contributed by atoms with Crippen LogP contribution in [0.25, 0.3) is 22.3 Å². The molecule has 0 bridgehead atoms. The van der Waals surface area contributed by atoms with Crippen LogP contribution in [0.4, 0.5) is 0 Å². The van der Waals surface area contributed by atoms with E-state index in [0.717, 1.165) is 50.4 Å². The number of hydrogen-bond donors (Lipinski definition) is 1. The topological polar surface area (TPSA) is 37.3 Å². The number of unbranched alkanes of at least 4 members (excludes halogenated alkanes) is 2. The summed E-state index contributed by atoms with van der Waals surface area (Å²) in [6.07, 6.45) is 15.0. The molecular weight excluding hydrogens is 476 g/mol. The van der Waals surface area contributed by atoms with Gasteiger partial charge in [-0.2, -0.15) is 0 Å². The molecular formula is C37H48O2. The lowest BCUT2D eigenvalue weighted by atomic mass is 9.77. The molecule has 1 atom stereocenters. The van der Waals surface area contributed by atoms with Crippen molar-refractivity contribution in [2.75, 3.05) is 0 Å². The van der Waals surface area contributed by atoms with E-state index in [-0.39, 0.29) is 5.92 Å². The highest BCUT2D eigenvalue weighted by Gasteiger charge is 2.22. The first-order valence-electron chi connectivity index (χ1n) is 15.6. The summed E-state index contributed by atoms with van der Waals surface area (Å²) in [5.41, 5.74) is 7.84. The standard InChI is InChI=1S/C37H48O2/c1-3-5-10-28-16-20-30(21-17-28)31-24-26-33(27-25-31)36-15-8-7-14-35(36)32-22-18-29(19-23-32)11-9-13-34(37(38)39)12-6-4-2/h7-8,14-15,18-19,22-28,30,34H,3-6,9-13,16-17,20-21H2,1-2H3,(H,38,39)/t28-,30-,34?. The zero-order chi connectivity index (χ0) is 27.5. The van der Waals surface area contributed by atoms with Gasteiger partial charge in [-0.15, -0.1) is 0 Å². The van der Waals surface area contributed by atoms with E-state index in [9.17, 15) is 9.90 Å². The molecule has 0 spiro atoms. The van der Waals surface area contributed by atoms with Crippen molar-refractivity contribution >= 4 is 5.97 Å². The highest BCUT2D eigenvalue weighted by Crippen LogP contribution is 2.39. The summed E-state index contributed by atoms with van der Waals surface area (Å²) in [5, 5.41) is 9.50. The Morgan fingerprint density at radius 1 is 0.744 bits per heavy atom. The van der Waals surface area contributed by atoms with Gasteiger partial charge in [0, 0.05) is 0 Å². The molecule has 0 radical (unpaired) electrons. The van der Waals surface area contributed by atoms with Crippen molar-refractivity contribution in [3.05, 3.63) is 83.9 Å². The lowest BCUT2D eigenvalue weighted by molar-refractivity contribution is -0.142. The molecule has 0 aromatic heterocycles. The molecule has 1 N–H and O–H groups in total. The van der Waals surface area contributed by atoms with Gasteiger partial charge in [-0.25, -0.2) is 0 Å². The van der Waals surface area contributed by atoms with Gasteiger partial charge in [0.05, 0.1) is 5.92 Å². The van der Waals surface area contributed by atoms with Crippen LogP contribution in [0.2, 0.25) is 0 Å². The maximum atomic E-state index is 11.5. The molecule has 1 aliphatic carbocycles. The van der Waals surface area contributed by atoms with Crippen LogP contribution in [0, 0.1) is 11.8 Å². The molecule has 1 aliphatic rings. The molecule has 2 heteroatoms. The molecule has 1 fully saturated rings. The van der Waals surface area contributed by atoms with Crippen LogP contribution in [0.3, 0.4) is 0 Å². The van der Waals surface area contributed by atoms with Crippen molar-refractivity contribution in [1.82, 2.24) is 0 Å². The Labute approximate surface area is 236 Å². The van der Waals surface area contributed by atoms with Gasteiger partial charge in [0.15, 0.2) is 0 Å². The summed E-state index contributed by atoms with van der Waals surface area (Å²) in [6, 6.07) is 27.0. The third-order valence-corrected chi connectivity index (χ3v) is 8.97. The number of carboxylic acid groups (broad SMARTS) is 1. The smallest absolute Gasteiger partial charge is 0.306 e. The van der Waals surface area contributed by atoms with Gasteiger partial charge in [-0.3, -0.25) is 4.79 Å². The average molecular weight is 525 g/mol. The highest BCUT2D eigenvalue weighted by atomic mass is 16.4. The Bertz CT molecular complexity index is 1140. The van der Waals surface area contributed by atoms with Crippen LogP contribution in [-0.2, 0) is 11.2 Å². The Morgan fingerprint density at radius 2 is 1.31 bits per heavy atom. The highest BCUT2D eigenvalue weighted by molar-refractivity contribution is 5.83. The van der Waals surface area contributed by atoms with Crippen molar-refractivity contribution in [2.24, 2.45) is 11.8 Å². The monoisotopic (exact) mass is 524 g/mol. The van der Waals surface area contributed by atoms with E-state index in [4.69, 9.17) is 0 Å². The SMILES string of the molecule is CCCCC(CCCc1ccc(-c2ccccc2-c2ccc([C@H]3CC[C@H](CCCC)CC3)cc2)cc1)C(=O)O. The fraction of sp³-hybridized carbons (Fsp3) is 0.486. The van der Waals surface area contributed by atoms with Crippen LogP contribution in [-0.4, -0.2) is 11.1 Å². The maximum absolute atomic E-state index is 11.5. The van der Waals surface area contributed by atoms with Crippen molar-refractivity contribution < 1.29 is 9.90 Å². The molecule has 4 rings (SSSR count). The van der Waals surface area contributed by atoms with Crippen LogP contribution < -0.4 is 0 Å². The molecule has 2 nitrogen and oxygen atoms in total. The molecule has 1 saturated carbocycles. The number of aryl methyl sites for hydroxylation is 1. The predicted molar refractivity (Wildman–Crippen MR) is 165 cm³/mol. The quantitative estimate of drug-likeness (QED) is 0.228. The summed E-state index contributed by atoms with van der Waals surface area (Å²) >= 11 is 0. The lowest BCUT2D eigenvalue weighted by Gasteiger charge is -2.29. The van der Waals surface area contributed by atoms with Gasteiger partial charge < -0.3 is 5.11 Å². The first-order chi connectivity index (χ1) is 19.1. The van der Waals surface area contributed by atoms with E-state index >= 15 is 0 Å². The molecule has 0 aliphatic heterocycles. The fourth-order valence-corrected chi connectivity index (χ4v) is 6.44. The molecule has 3 aromatic rings. The van der Waals surface area contributed by atoms with Crippen molar-refractivity contribution in [1.29, 1.82) is 0 Å². The first-order valence-corrected chi connectivity index (χ1v) is 15.6. The van der Waals surface area contributed by atoms with Gasteiger partial charge in [0.1, 0.15) is 0 Å². The third kappa shape index (κ3) is 8.31. The largest absolute Gasteiger partial charge is 0.481 e. The maximum Gasteiger partial charge on any atom is 0.306 e. The predicted octanol–water partition coefficient (Wildman–Crippen LogP) is 10.7. The number of carbonyl (C=O) groups is 1. The molecule has 0 heterocycles. The summed E-state index contributed by atoms with van der Waals surface area (Å²) in [5.74, 6) is 0.824. The van der Waals surface area contributed by atoms with Crippen LogP contribution in [0.15, 0.2) is 72.8 Å². The van der Waals surface area contributed by atoms with Crippen LogP contribution >= 0.6 is 0 Å². The second-order valence-corrected chi connectivity index (χ2v) is 11.8. The van der Waals surface area contributed by atoms with E-state index in [1.165, 1.54) is 78.3 Å². The number of carboxylic acids is 1. The number of aliphatic carboxylic acids is 1. The van der Waals surface area contributed by atoms with E-state index in [1.54, 1.807) is 0 Å². The normalized spacial score (nSPS) is 18.1. The van der Waals surface area contributed by atoms with Crippen molar-refractivity contribution in [3.63, 3.8) is 0 Å². The minimum absolute atomic E-state index is 0.205. The van der Waals surface area contributed by atoms with E-state index in [1.807, 2.05) is 0 Å². The second kappa shape index (κ2) is 15.1. The molecule has 0 saturated heterocycles. The minimum Gasteiger partial charge on any atom is -0.481 e. The number of hydrogen-bond acceptors (Lipinski definition) is 1. The Hall–Kier alpha value is -2.87. The van der Waals surface area contributed by atoms with Crippen molar-refractivity contribution in [2.45, 2.75) is 103 Å². The van der Waals surface area contributed by atoms with Crippen LogP contribution in [0.1, 0.15) is 108 Å². The molecule has 208 valence electrons. The summed E-state index contributed by atoms with van der Waals surface area (Å²) < 4.78 is 0. The zero-order valence-corrected chi connectivity index (χ0v) is 24.2. The van der Waals surface area contributed by atoms with E-state index < -0.39 is 5.97 Å². The molecule has 3 aromatic carbocycles. The molecule has 0 amide bonds. The van der Waals surface area contributed by atoms with Gasteiger partial charge in [0.25, 0.3) is 0 Å². The Balaban J connectivity index is 1.38. The van der Waals surface area contributed by atoms with E-state index in [0.29, 0.717) is 0 Å². The summed E-state index contributed by atoms with van der Waals surface area (Å²) in [6.45, 7) is 4.42. The van der Waals surface area contributed by atoms with Gasteiger partial charge in [-0.1, -0.05) is 119 Å². The zero-order valence-electron chi connectivity index (χ0n) is 24.2. The summed E-state index contributed by atoms with van der Waals surface area (Å²) in [7, 11) is 0. The molecule has 1 unspecified atom stereocenters. The van der Waals surface area contributed by atoms with Gasteiger partial charge in [0.2, 0.25) is 0 Å². The van der Waals surface area contributed by atoms with Gasteiger partial charge in [-0.05, 0) is 96.6 Å². The third-order valence-electron chi connectivity index (χ3n) is 8.97. The Kier molecular flexibility index (Phi) is 11.2. The Morgan fingerprint density at radius 3 is 1.87 bits per heavy atom. The average Bonchev–Trinajstić information content (AvgIpc) is 2.98. The summed E-state index contributed by atoms with van der Waals surface area (Å²) in [4.78, 5) is 11.5. The van der Waals surface area contributed by atoms with Crippen molar-refractivity contribution in [3.8, 4) is 22.3 Å². The van der Waals surface area contributed by atoms with Crippen LogP contribution in [0.5, 0.6) is 0 Å². The lowest BCUT2D eigenvalue weighted by Crippen LogP contribution is -2.13. The molecule has 39 heavy (non-hydrogen) atoms. The van der Waals surface area contributed by atoms with Gasteiger partial charge >= 0.3 is 5.97 Å². The fourth-order valence-electron chi connectivity index (χ4n) is 6.44. The van der Waals surface area contributed by atoms with E-state index in [2.05, 4.69) is 86.6 Å². The number of benzene rings is 3.